The van der Waals surface area contributed by atoms with Crippen LogP contribution in [0.4, 0.5) is 0 Å². The van der Waals surface area contributed by atoms with Gasteiger partial charge in [-0.05, 0) is 32.0 Å². The maximum Gasteiger partial charge on any atom is 0.239 e. The largest absolute Gasteiger partial charge is 0.340 e. The van der Waals surface area contributed by atoms with E-state index in [0.29, 0.717) is 6.54 Å². The summed E-state index contributed by atoms with van der Waals surface area (Å²) in [7, 11) is 3.63. The van der Waals surface area contributed by atoms with E-state index in [1.165, 1.54) is 11.1 Å². The third kappa shape index (κ3) is 3.07. The second-order valence-corrected chi connectivity index (χ2v) is 4.13. The zero-order chi connectivity index (χ0) is 12.1. The van der Waals surface area contributed by atoms with Crippen LogP contribution >= 0.6 is 0 Å². The molecule has 1 atom stereocenters. The molecule has 1 unspecified atom stereocenters. The Kier molecular flexibility index (Phi) is 4.50. The number of hydrogen-bond donors (Lipinski definition) is 1. The molecule has 1 N–H and O–H groups in total. The van der Waals surface area contributed by atoms with Crippen molar-refractivity contribution in [3.05, 3.63) is 35.4 Å². The third-order valence-electron chi connectivity index (χ3n) is 2.85. The van der Waals surface area contributed by atoms with E-state index in [1.54, 1.807) is 11.9 Å². The molecule has 0 saturated carbocycles. The summed E-state index contributed by atoms with van der Waals surface area (Å²) in [6.45, 7) is 4.60. The number of amides is 1. The highest BCUT2D eigenvalue weighted by atomic mass is 16.2. The van der Waals surface area contributed by atoms with Gasteiger partial charge in [0.2, 0.25) is 5.91 Å². The zero-order valence-corrected chi connectivity index (χ0v) is 10.4. The van der Waals surface area contributed by atoms with Crippen molar-refractivity contribution >= 4 is 5.91 Å². The Balaban J connectivity index is 2.68. The average Bonchev–Trinajstić information content (AvgIpc) is 2.30. The maximum absolute atomic E-state index is 11.9. The number of nitrogens with zero attached hydrogens (tertiary/aromatic N) is 1. The fourth-order valence-corrected chi connectivity index (χ4v) is 1.57. The minimum absolute atomic E-state index is 0.116. The number of nitrogens with one attached hydrogen (secondary N) is 1. The minimum atomic E-state index is -0.131. The van der Waals surface area contributed by atoms with Crippen LogP contribution in [0.15, 0.2) is 24.3 Å². The summed E-state index contributed by atoms with van der Waals surface area (Å²) in [5, 5.41) is 2.95. The molecule has 1 aromatic carbocycles. The van der Waals surface area contributed by atoms with Gasteiger partial charge in [0.1, 0.15) is 0 Å². The number of carbonyl (C=O) groups is 1. The van der Waals surface area contributed by atoms with Gasteiger partial charge in [-0.25, -0.2) is 0 Å². The Hall–Kier alpha value is -1.35. The number of hydrogen-bond acceptors (Lipinski definition) is 2. The van der Waals surface area contributed by atoms with E-state index < -0.39 is 0 Å². The Morgan fingerprint density at radius 3 is 2.62 bits per heavy atom. The van der Waals surface area contributed by atoms with Crippen molar-refractivity contribution < 1.29 is 4.79 Å². The lowest BCUT2D eigenvalue weighted by Gasteiger charge is -2.21. The molecule has 0 aliphatic rings. The van der Waals surface area contributed by atoms with Crippen molar-refractivity contribution in [2.24, 2.45) is 0 Å². The number of aryl methyl sites for hydroxylation is 1. The molecule has 0 heterocycles. The molecular weight excluding hydrogens is 200 g/mol. The maximum atomic E-state index is 11.9. The molecular formula is C13H20N2O. The topological polar surface area (TPSA) is 32.3 Å². The van der Waals surface area contributed by atoms with Crippen molar-refractivity contribution in [2.75, 3.05) is 14.1 Å². The lowest BCUT2D eigenvalue weighted by Crippen LogP contribution is -2.41. The van der Waals surface area contributed by atoms with Gasteiger partial charge in [0, 0.05) is 13.6 Å². The molecule has 0 aliphatic heterocycles. The molecule has 0 spiro atoms. The molecule has 0 aliphatic carbocycles. The molecule has 3 nitrogen and oxygen atoms in total. The average molecular weight is 220 g/mol. The Morgan fingerprint density at radius 1 is 1.44 bits per heavy atom. The van der Waals surface area contributed by atoms with E-state index in [-0.39, 0.29) is 11.9 Å². The first-order valence-corrected chi connectivity index (χ1v) is 5.53. The highest BCUT2D eigenvalue weighted by Crippen LogP contribution is 2.09. The summed E-state index contributed by atoms with van der Waals surface area (Å²) in [6, 6.07) is 8.01. The second kappa shape index (κ2) is 5.66. The highest BCUT2D eigenvalue weighted by Gasteiger charge is 2.15. The van der Waals surface area contributed by atoms with Crippen LogP contribution in [0.3, 0.4) is 0 Å². The van der Waals surface area contributed by atoms with Crippen molar-refractivity contribution in [1.29, 1.82) is 0 Å². The summed E-state index contributed by atoms with van der Waals surface area (Å²) < 4.78 is 0. The van der Waals surface area contributed by atoms with Gasteiger partial charge in [0.25, 0.3) is 0 Å². The molecule has 0 radical (unpaired) electrons. The minimum Gasteiger partial charge on any atom is -0.340 e. The number of rotatable bonds is 4. The van der Waals surface area contributed by atoms with Crippen molar-refractivity contribution in [3.63, 3.8) is 0 Å². The van der Waals surface area contributed by atoms with E-state index in [1.807, 2.05) is 26.1 Å². The van der Waals surface area contributed by atoms with Crippen LogP contribution in [0.25, 0.3) is 0 Å². The van der Waals surface area contributed by atoms with Gasteiger partial charge in [-0.15, -0.1) is 0 Å². The van der Waals surface area contributed by atoms with Crippen LogP contribution in [-0.4, -0.2) is 30.9 Å². The van der Waals surface area contributed by atoms with Crippen LogP contribution < -0.4 is 5.32 Å². The van der Waals surface area contributed by atoms with Gasteiger partial charge in [-0.2, -0.15) is 0 Å². The predicted molar refractivity (Wildman–Crippen MR) is 66.2 cm³/mol. The summed E-state index contributed by atoms with van der Waals surface area (Å²) in [5.74, 6) is 0.116. The summed E-state index contributed by atoms with van der Waals surface area (Å²) in [5.41, 5.74) is 2.42. The van der Waals surface area contributed by atoms with Gasteiger partial charge >= 0.3 is 0 Å². The zero-order valence-electron chi connectivity index (χ0n) is 10.4. The van der Waals surface area contributed by atoms with Crippen molar-refractivity contribution in [2.45, 2.75) is 26.4 Å². The molecule has 0 saturated heterocycles. The Bertz CT molecular complexity index is 363. The van der Waals surface area contributed by atoms with E-state index >= 15 is 0 Å². The van der Waals surface area contributed by atoms with Crippen molar-refractivity contribution in [1.82, 2.24) is 10.2 Å². The molecule has 3 heteroatoms. The van der Waals surface area contributed by atoms with Gasteiger partial charge < -0.3 is 10.2 Å². The first-order chi connectivity index (χ1) is 7.56. The van der Waals surface area contributed by atoms with Crippen molar-refractivity contribution in [3.8, 4) is 0 Å². The summed E-state index contributed by atoms with van der Waals surface area (Å²) in [6.07, 6.45) is 0. The number of carbonyl (C=O) groups excluding carboxylic acids is 1. The first kappa shape index (κ1) is 12.7. The quantitative estimate of drug-likeness (QED) is 0.835. The van der Waals surface area contributed by atoms with Crippen LogP contribution in [0.5, 0.6) is 0 Å². The van der Waals surface area contributed by atoms with E-state index in [4.69, 9.17) is 0 Å². The van der Waals surface area contributed by atoms with Crippen LogP contribution in [0, 0.1) is 6.92 Å². The molecule has 0 fully saturated rings. The fraction of sp³-hybridized carbons (Fsp3) is 0.462. The highest BCUT2D eigenvalue weighted by molar-refractivity contribution is 5.81. The molecule has 0 aromatic heterocycles. The molecule has 1 aromatic rings. The Morgan fingerprint density at radius 2 is 2.06 bits per heavy atom. The number of benzene rings is 1. The van der Waals surface area contributed by atoms with E-state index in [9.17, 15) is 4.79 Å². The smallest absolute Gasteiger partial charge is 0.239 e. The standard InChI is InChI=1S/C13H20N2O/c1-10-7-5-6-8-12(10)9-15(4)13(16)11(2)14-3/h5-8,11,14H,9H2,1-4H3. The SMILES string of the molecule is CNC(C)C(=O)N(C)Cc1ccccc1C. The van der Waals surface area contributed by atoms with Gasteiger partial charge in [0.05, 0.1) is 6.04 Å². The van der Waals surface area contributed by atoms with Crippen LogP contribution in [-0.2, 0) is 11.3 Å². The molecule has 88 valence electrons. The van der Waals surface area contributed by atoms with Crippen LogP contribution in [0.1, 0.15) is 18.1 Å². The molecule has 0 bridgehead atoms. The van der Waals surface area contributed by atoms with E-state index in [0.717, 1.165) is 0 Å². The predicted octanol–water partition coefficient (Wildman–Crippen LogP) is 1.56. The normalized spacial score (nSPS) is 12.2. The Labute approximate surface area is 97.5 Å². The van der Waals surface area contributed by atoms with Gasteiger partial charge in [0.15, 0.2) is 0 Å². The fourth-order valence-electron chi connectivity index (χ4n) is 1.57. The van der Waals surface area contributed by atoms with Crippen LogP contribution in [0.2, 0.25) is 0 Å². The molecule has 16 heavy (non-hydrogen) atoms. The third-order valence-corrected chi connectivity index (χ3v) is 2.85. The van der Waals surface area contributed by atoms with E-state index in [2.05, 4.69) is 24.4 Å². The molecule has 1 amide bonds. The summed E-state index contributed by atoms with van der Waals surface area (Å²) >= 11 is 0. The molecule has 1 rings (SSSR count). The second-order valence-electron chi connectivity index (χ2n) is 4.13. The first-order valence-electron chi connectivity index (χ1n) is 5.53. The lowest BCUT2D eigenvalue weighted by atomic mass is 10.1. The summed E-state index contributed by atoms with van der Waals surface area (Å²) in [4.78, 5) is 13.6. The number of likely N-dealkylation sites (N-methyl/N-ethyl adjacent to an activating group) is 2. The monoisotopic (exact) mass is 220 g/mol. The lowest BCUT2D eigenvalue weighted by molar-refractivity contribution is -0.132. The van der Waals surface area contributed by atoms with Gasteiger partial charge in [-0.1, -0.05) is 24.3 Å². The van der Waals surface area contributed by atoms with Gasteiger partial charge in [-0.3, -0.25) is 4.79 Å².